The Bertz CT molecular complexity index is 1190. The zero-order valence-electron chi connectivity index (χ0n) is 14.0. The summed E-state index contributed by atoms with van der Waals surface area (Å²) in [5.41, 5.74) is 2.40. The van der Waals surface area contributed by atoms with Crippen molar-refractivity contribution in [2.45, 2.75) is 6.54 Å². The molecule has 2 aromatic heterocycles. The summed E-state index contributed by atoms with van der Waals surface area (Å²) in [6, 6.07) is 15.0. The topological polar surface area (TPSA) is 66.9 Å². The number of pyridine rings is 1. The number of nitrogens with one attached hydrogen (secondary N) is 2. The summed E-state index contributed by atoms with van der Waals surface area (Å²) in [5, 5.41) is 4.16. The maximum atomic E-state index is 13.0. The summed E-state index contributed by atoms with van der Waals surface area (Å²) in [7, 11) is 1.76. The molecule has 2 N–H and O–H groups in total. The van der Waals surface area contributed by atoms with Crippen LogP contribution in [0.3, 0.4) is 0 Å². The van der Waals surface area contributed by atoms with Crippen LogP contribution in [-0.4, -0.2) is 15.5 Å². The number of aromatic amines is 1. The molecule has 0 saturated carbocycles. The first kappa shape index (κ1) is 16.1. The molecule has 0 aliphatic heterocycles. The number of para-hydroxylation sites is 1. The smallest absolute Gasteiger partial charge is 0.268 e. The summed E-state index contributed by atoms with van der Waals surface area (Å²) in [5.74, 6) is -0.614. The van der Waals surface area contributed by atoms with Crippen molar-refractivity contribution in [3.63, 3.8) is 0 Å². The van der Waals surface area contributed by atoms with Crippen LogP contribution in [0.25, 0.3) is 21.8 Å². The van der Waals surface area contributed by atoms with Crippen LogP contribution in [0.15, 0.2) is 59.4 Å². The van der Waals surface area contributed by atoms with Gasteiger partial charge in [-0.25, -0.2) is 4.39 Å². The number of hydrogen-bond acceptors (Lipinski definition) is 2. The van der Waals surface area contributed by atoms with E-state index < -0.39 is 0 Å². The highest BCUT2D eigenvalue weighted by Crippen LogP contribution is 2.23. The van der Waals surface area contributed by atoms with E-state index in [9.17, 15) is 14.0 Å². The predicted molar refractivity (Wildman–Crippen MR) is 98.6 cm³/mol. The zero-order chi connectivity index (χ0) is 18.3. The van der Waals surface area contributed by atoms with Gasteiger partial charge < -0.3 is 14.9 Å². The van der Waals surface area contributed by atoms with Gasteiger partial charge in [-0.15, -0.1) is 0 Å². The number of rotatable bonds is 3. The number of halogens is 1. The van der Waals surface area contributed by atoms with Crippen LogP contribution in [0.4, 0.5) is 4.39 Å². The number of hydrogen-bond donors (Lipinski definition) is 2. The van der Waals surface area contributed by atoms with Crippen molar-refractivity contribution in [2.75, 3.05) is 0 Å². The Hall–Kier alpha value is -3.41. The maximum Gasteiger partial charge on any atom is 0.268 e. The third-order valence-corrected chi connectivity index (χ3v) is 4.51. The second-order valence-electron chi connectivity index (χ2n) is 6.16. The molecule has 5 nitrogen and oxygen atoms in total. The standard InChI is InChI=1S/C20H16FN3O2/c1-24-17(20(26)22-11-12-6-8-13(21)9-7-12)10-15-18(24)14-4-2-3-5-16(14)23-19(15)25/h2-10H,11H2,1H3,(H,22,26)(H,23,25). The van der Waals surface area contributed by atoms with Gasteiger partial charge in [-0.1, -0.05) is 30.3 Å². The Morgan fingerprint density at radius 1 is 1.12 bits per heavy atom. The van der Waals surface area contributed by atoms with Gasteiger partial charge in [-0.3, -0.25) is 9.59 Å². The first-order chi connectivity index (χ1) is 12.5. The number of aromatic nitrogens is 2. The lowest BCUT2D eigenvalue weighted by Gasteiger charge is -2.08. The Labute approximate surface area is 148 Å². The molecule has 0 atom stereocenters. The van der Waals surface area contributed by atoms with Crippen LogP contribution in [-0.2, 0) is 13.6 Å². The molecule has 130 valence electrons. The minimum atomic E-state index is -0.320. The van der Waals surface area contributed by atoms with Crippen molar-refractivity contribution < 1.29 is 9.18 Å². The molecular weight excluding hydrogens is 333 g/mol. The van der Waals surface area contributed by atoms with E-state index in [-0.39, 0.29) is 23.8 Å². The average Bonchev–Trinajstić information content (AvgIpc) is 3.00. The van der Waals surface area contributed by atoms with Gasteiger partial charge in [0.05, 0.1) is 16.4 Å². The van der Waals surface area contributed by atoms with Crippen LogP contribution in [0.1, 0.15) is 16.1 Å². The largest absolute Gasteiger partial charge is 0.347 e. The highest BCUT2D eigenvalue weighted by molar-refractivity contribution is 6.07. The van der Waals surface area contributed by atoms with Crippen LogP contribution in [0.5, 0.6) is 0 Å². The third kappa shape index (κ3) is 2.65. The van der Waals surface area contributed by atoms with Gasteiger partial charge in [0.15, 0.2) is 0 Å². The number of amides is 1. The molecule has 0 fully saturated rings. The second-order valence-corrected chi connectivity index (χ2v) is 6.16. The summed E-state index contributed by atoms with van der Waals surface area (Å²) in [4.78, 5) is 27.8. The zero-order valence-corrected chi connectivity index (χ0v) is 14.0. The van der Waals surface area contributed by atoms with E-state index in [4.69, 9.17) is 0 Å². The van der Waals surface area contributed by atoms with Gasteiger partial charge in [0.2, 0.25) is 0 Å². The monoisotopic (exact) mass is 349 g/mol. The van der Waals surface area contributed by atoms with E-state index >= 15 is 0 Å². The van der Waals surface area contributed by atoms with Crippen LogP contribution in [0, 0.1) is 5.82 Å². The molecule has 6 heteroatoms. The van der Waals surface area contributed by atoms with Gasteiger partial charge >= 0.3 is 0 Å². The molecule has 0 saturated heterocycles. The van der Waals surface area contributed by atoms with E-state index in [1.54, 1.807) is 29.8 Å². The van der Waals surface area contributed by atoms with Crippen LogP contribution < -0.4 is 10.9 Å². The van der Waals surface area contributed by atoms with Gasteiger partial charge in [0, 0.05) is 19.0 Å². The first-order valence-electron chi connectivity index (χ1n) is 8.17. The van der Waals surface area contributed by atoms with E-state index in [2.05, 4.69) is 10.3 Å². The lowest BCUT2D eigenvalue weighted by molar-refractivity contribution is 0.0943. The normalized spacial score (nSPS) is 11.2. The van der Waals surface area contributed by atoms with Gasteiger partial charge in [-0.2, -0.15) is 0 Å². The summed E-state index contributed by atoms with van der Waals surface area (Å²) < 4.78 is 14.7. The molecule has 0 bridgehead atoms. The van der Waals surface area contributed by atoms with Crippen molar-refractivity contribution >= 4 is 27.7 Å². The fourth-order valence-electron chi connectivity index (χ4n) is 3.18. The van der Waals surface area contributed by atoms with Crippen LogP contribution in [0.2, 0.25) is 0 Å². The Balaban J connectivity index is 1.72. The van der Waals surface area contributed by atoms with E-state index in [1.165, 1.54) is 12.1 Å². The SMILES string of the molecule is Cn1c(C(=O)NCc2ccc(F)cc2)cc2c(=O)[nH]c3ccccc3c21. The minimum absolute atomic E-state index is 0.230. The minimum Gasteiger partial charge on any atom is -0.347 e. The van der Waals surface area contributed by atoms with Crippen molar-refractivity contribution in [1.82, 2.24) is 14.9 Å². The Kier molecular flexibility index (Phi) is 3.80. The van der Waals surface area contributed by atoms with Crippen molar-refractivity contribution in [1.29, 1.82) is 0 Å². The number of aryl methyl sites for hydroxylation is 1. The quantitative estimate of drug-likeness (QED) is 0.597. The predicted octanol–water partition coefficient (Wildman–Crippen LogP) is 3.09. The first-order valence-corrected chi connectivity index (χ1v) is 8.17. The Morgan fingerprint density at radius 2 is 1.85 bits per heavy atom. The van der Waals surface area contributed by atoms with Crippen molar-refractivity contribution in [3.8, 4) is 0 Å². The molecule has 0 aliphatic rings. The molecule has 2 heterocycles. The van der Waals surface area contributed by atoms with Crippen molar-refractivity contribution in [2.24, 2.45) is 7.05 Å². The molecular formula is C20H16FN3O2. The molecule has 26 heavy (non-hydrogen) atoms. The molecule has 1 amide bonds. The van der Waals surface area contributed by atoms with Crippen molar-refractivity contribution in [3.05, 3.63) is 82.0 Å². The van der Waals surface area contributed by atoms with Gasteiger partial charge in [-0.05, 0) is 29.8 Å². The molecule has 2 aromatic carbocycles. The molecule has 0 spiro atoms. The molecule has 0 unspecified atom stereocenters. The summed E-state index contributed by atoms with van der Waals surface area (Å²) >= 11 is 0. The molecule has 4 aromatic rings. The summed E-state index contributed by atoms with van der Waals surface area (Å²) in [6.45, 7) is 0.276. The highest BCUT2D eigenvalue weighted by Gasteiger charge is 2.17. The van der Waals surface area contributed by atoms with Gasteiger partial charge in [0.25, 0.3) is 11.5 Å². The maximum absolute atomic E-state index is 13.0. The number of H-pyrrole nitrogens is 1. The second kappa shape index (κ2) is 6.15. The Morgan fingerprint density at radius 3 is 2.62 bits per heavy atom. The number of nitrogens with zero attached hydrogens (tertiary/aromatic N) is 1. The summed E-state index contributed by atoms with van der Waals surface area (Å²) in [6.07, 6.45) is 0. The lowest BCUT2D eigenvalue weighted by atomic mass is 10.1. The lowest BCUT2D eigenvalue weighted by Crippen LogP contribution is -2.24. The van der Waals surface area contributed by atoms with E-state index in [1.807, 2.05) is 24.3 Å². The van der Waals surface area contributed by atoms with E-state index in [0.717, 1.165) is 22.0 Å². The number of fused-ring (bicyclic) bond motifs is 3. The number of carbonyl (C=O) groups is 1. The third-order valence-electron chi connectivity index (χ3n) is 4.51. The van der Waals surface area contributed by atoms with Gasteiger partial charge in [0.1, 0.15) is 11.5 Å². The van der Waals surface area contributed by atoms with E-state index in [0.29, 0.717) is 11.1 Å². The molecule has 0 aliphatic carbocycles. The average molecular weight is 349 g/mol. The van der Waals surface area contributed by atoms with Crippen LogP contribution >= 0.6 is 0 Å². The molecule has 0 radical (unpaired) electrons. The number of benzene rings is 2. The fraction of sp³-hybridized carbons (Fsp3) is 0.100. The highest BCUT2D eigenvalue weighted by atomic mass is 19.1. The fourth-order valence-corrected chi connectivity index (χ4v) is 3.18. The molecule has 4 rings (SSSR count). The number of carbonyl (C=O) groups excluding carboxylic acids is 1.